The largest absolute Gasteiger partial charge is 0.388 e. The summed E-state index contributed by atoms with van der Waals surface area (Å²) in [4.78, 5) is 18.2. The number of amides is 1. The zero-order valence-corrected chi connectivity index (χ0v) is 12.2. The van der Waals surface area contributed by atoms with Gasteiger partial charge in [0.1, 0.15) is 0 Å². The number of aromatic nitrogens is 1. The Hall–Kier alpha value is -1.62. The summed E-state index contributed by atoms with van der Waals surface area (Å²) in [6.07, 6.45) is 6.91. The Morgan fingerprint density at radius 1 is 1.50 bits per heavy atom. The normalized spacial score (nSPS) is 16.9. The second-order valence-corrected chi connectivity index (χ2v) is 5.54. The number of hydrogen-bond donors (Lipinski definition) is 2. The molecule has 1 aliphatic rings. The third kappa shape index (κ3) is 3.28. The maximum atomic E-state index is 12.5. The van der Waals surface area contributed by atoms with Gasteiger partial charge in [0.2, 0.25) is 0 Å². The Bertz CT molecular complexity index is 470. The van der Waals surface area contributed by atoms with E-state index >= 15 is 0 Å². The number of likely N-dealkylation sites (N-methyl/N-ethyl adjacent to an activating group) is 1. The number of aliphatic hydroxyl groups is 1. The van der Waals surface area contributed by atoms with Crippen LogP contribution in [0.3, 0.4) is 0 Å². The number of hydrogen-bond acceptors (Lipinski definition) is 4. The van der Waals surface area contributed by atoms with Crippen LogP contribution in [-0.2, 0) is 0 Å². The summed E-state index contributed by atoms with van der Waals surface area (Å²) >= 11 is 0. The van der Waals surface area contributed by atoms with E-state index in [1.54, 1.807) is 30.4 Å². The third-order valence-corrected chi connectivity index (χ3v) is 3.83. The molecule has 2 rings (SSSR count). The van der Waals surface area contributed by atoms with Crippen LogP contribution in [0.25, 0.3) is 0 Å². The lowest BCUT2D eigenvalue weighted by molar-refractivity contribution is 0.0157. The molecule has 1 fully saturated rings. The maximum Gasteiger partial charge on any atom is 0.255 e. The van der Waals surface area contributed by atoms with E-state index in [0.717, 1.165) is 37.9 Å². The SMILES string of the molecule is CCNc1cnccc1C(=O)N(C)CC1(O)CCCC1. The van der Waals surface area contributed by atoms with Crippen molar-refractivity contribution in [2.24, 2.45) is 0 Å². The molecule has 0 aromatic carbocycles. The molecule has 1 amide bonds. The van der Waals surface area contributed by atoms with Gasteiger partial charge in [0.05, 0.1) is 23.0 Å². The fourth-order valence-electron chi connectivity index (χ4n) is 2.82. The van der Waals surface area contributed by atoms with Crippen molar-refractivity contribution in [1.82, 2.24) is 9.88 Å². The Labute approximate surface area is 120 Å². The molecular weight excluding hydrogens is 254 g/mol. The minimum Gasteiger partial charge on any atom is -0.388 e. The van der Waals surface area contributed by atoms with E-state index in [0.29, 0.717) is 12.1 Å². The first kappa shape index (κ1) is 14.8. The first-order chi connectivity index (χ1) is 9.56. The Balaban J connectivity index is 2.10. The maximum absolute atomic E-state index is 12.5. The first-order valence-electron chi connectivity index (χ1n) is 7.21. The van der Waals surface area contributed by atoms with Crippen LogP contribution in [0.15, 0.2) is 18.5 Å². The van der Waals surface area contributed by atoms with Gasteiger partial charge >= 0.3 is 0 Å². The van der Waals surface area contributed by atoms with Gasteiger partial charge < -0.3 is 15.3 Å². The van der Waals surface area contributed by atoms with E-state index in [4.69, 9.17) is 0 Å². The van der Waals surface area contributed by atoms with E-state index in [1.165, 1.54) is 0 Å². The van der Waals surface area contributed by atoms with Crippen LogP contribution < -0.4 is 5.32 Å². The van der Waals surface area contributed by atoms with E-state index < -0.39 is 5.60 Å². The van der Waals surface area contributed by atoms with Gasteiger partial charge in [0.25, 0.3) is 5.91 Å². The molecule has 20 heavy (non-hydrogen) atoms. The number of nitrogens with zero attached hydrogens (tertiary/aromatic N) is 2. The molecule has 1 aromatic heterocycles. The number of pyridine rings is 1. The molecular formula is C15H23N3O2. The fraction of sp³-hybridized carbons (Fsp3) is 0.600. The van der Waals surface area contributed by atoms with Crippen molar-refractivity contribution >= 4 is 11.6 Å². The second kappa shape index (κ2) is 6.22. The van der Waals surface area contributed by atoms with E-state index in [1.807, 2.05) is 6.92 Å². The first-order valence-corrected chi connectivity index (χ1v) is 7.21. The summed E-state index contributed by atoms with van der Waals surface area (Å²) in [5.74, 6) is -0.0799. The van der Waals surface area contributed by atoms with Gasteiger partial charge in [-0.1, -0.05) is 12.8 Å². The minimum atomic E-state index is -0.713. The smallest absolute Gasteiger partial charge is 0.255 e. The summed E-state index contributed by atoms with van der Waals surface area (Å²) in [5.41, 5.74) is 0.631. The lowest BCUT2D eigenvalue weighted by Gasteiger charge is -2.29. The molecule has 0 unspecified atom stereocenters. The highest BCUT2D eigenvalue weighted by molar-refractivity contribution is 5.99. The van der Waals surface area contributed by atoms with Crippen molar-refractivity contribution in [3.05, 3.63) is 24.0 Å². The summed E-state index contributed by atoms with van der Waals surface area (Å²) in [5, 5.41) is 13.6. The van der Waals surface area contributed by atoms with Crippen molar-refractivity contribution in [2.45, 2.75) is 38.2 Å². The molecule has 0 bridgehead atoms. The van der Waals surface area contributed by atoms with Gasteiger partial charge in [0.15, 0.2) is 0 Å². The zero-order chi connectivity index (χ0) is 14.6. The molecule has 5 nitrogen and oxygen atoms in total. The Morgan fingerprint density at radius 2 is 2.20 bits per heavy atom. The lowest BCUT2D eigenvalue weighted by atomic mass is 10.0. The van der Waals surface area contributed by atoms with Crippen molar-refractivity contribution in [1.29, 1.82) is 0 Å². The topological polar surface area (TPSA) is 65.5 Å². The summed E-state index contributed by atoms with van der Waals surface area (Å²) in [6.45, 7) is 3.10. The molecule has 2 N–H and O–H groups in total. The van der Waals surface area contributed by atoms with E-state index in [9.17, 15) is 9.90 Å². The number of carbonyl (C=O) groups excluding carboxylic acids is 1. The quantitative estimate of drug-likeness (QED) is 0.862. The highest BCUT2D eigenvalue weighted by Crippen LogP contribution is 2.30. The lowest BCUT2D eigenvalue weighted by Crippen LogP contribution is -2.42. The summed E-state index contributed by atoms with van der Waals surface area (Å²) in [6, 6.07) is 1.72. The minimum absolute atomic E-state index is 0.0799. The molecule has 5 heteroatoms. The van der Waals surface area contributed by atoms with Gasteiger partial charge in [-0.2, -0.15) is 0 Å². The fourth-order valence-corrected chi connectivity index (χ4v) is 2.82. The van der Waals surface area contributed by atoms with Crippen LogP contribution in [0, 0.1) is 0 Å². The zero-order valence-electron chi connectivity index (χ0n) is 12.2. The predicted octanol–water partition coefficient (Wildman–Crippen LogP) is 1.89. The molecule has 1 heterocycles. The number of carbonyl (C=O) groups is 1. The van der Waals surface area contributed by atoms with Crippen LogP contribution in [0.2, 0.25) is 0 Å². The van der Waals surface area contributed by atoms with Crippen LogP contribution in [0.4, 0.5) is 5.69 Å². The van der Waals surface area contributed by atoms with Gasteiger partial charge in [0, 0.05) is 26.3 Å². The Kier molecular flexibility index (Phi) is 4.60. The van der Waals surface area contributed by atoms with Gasteiger partial charge in [-0.3, -0.25) is 9.78 Å². The highest BCUT2D eigenvalue weighted by Gasteiger charge is 2.33. The number of nitrogens with one attached hydrogen (secondary N) is 1. The van der Waals surface area contributed by atoms with Gasteiger partial charge in [-0.25, -0.2) is 0 Å². The third-order valence-electron chi connectivity index (χ3n) is 3.83. The molecule has 1 aromatic rings. The van der Waals surface area contributed by atoms with Crippen molar-refractivity contribution in [3.63, 3.8) is 0 Å². The molecule has 1 saturated carbocycles. The monoisotopic (exact) mass is 277 g/mol. The molecule has 110 valence electrons. The standard InChI is InChI=1S/C15H23N3O2/c1-3-17-13-10-16-9-6-12(13)14(19)18(2)11-15(20)7-4-5-8-15/h6,9-10,17,20H,3-5,7-8,11H2,1-2H3. The van der Waals surface area contributed by atoms with Crippen molar-refractivity contribution < 1.29 is 9.90 Å². The van der Waals surface area contributed by atoms with Crippen LogP contribution in [0.1, 0.15) is 43.0 Å². The molecule has 0 aliphatic heterocycles. The average molecular weight is 277 g/mol. The molecule has 0 atom stereocenters. The molecule has 0 saturated heterocycles. The second-order valence-electron chi connectivity index (χ2n) is 5.54. The number of anilines is 1. The van der Waals surface area contributed by atoms with Gasteiger partial charge in [-0.15, -0.1) is 0 Å². The van der Waals surface area contributed by atoms with Crippen molar-refractivity contribution in [2.75, 3.05) is 25.5 Å². The molecule has 0 spiro atoms. The van der Waals surface area contributed by atoms with Crippen molar-refractivity contribution in [3.8, 4) is 0 Å². The van der Waals surface area contributed by atoms with Crippen LogP contribution in [-0.4, -0.2) is 46.6 Å². The van der Waals surface area contributed by atoms with Crippen LogP contribution in [0.5, 0.6) is 0 Å². The van der Waals surface area contributed by atoms with E-state index in [-0.39, 0.29) is 5.91 Å². The molecule has 0 radical (unpaired) electrons. The van der Waals surface area contributed by atoms with E-state index in [2.05, 4.69) is 10.3 Å². The molecule has 1 aliphatic carbocycles. The summed E-state index contributed by atoms with van der Waals surface area (Å²) < 4.78 is 0. The average Bonchev–Trinajstić information content (AvgIpc) is 2.85. The van der Waals surface area contributed by atoms with Gasteiger partial charge in [-0.05, 0) is 25.8 Å². The van der Waals surface area contributed by atoms with Crippen LogP contribution >= 0.6 is 0 Å². The summed E-state index contributed by atoms with van der Waals surface area (Å²) in [7, 11) is 1.74. The highest BCUT2D eigenvalue weighted by atomic mass is 16.3. The predicted molar refractivity (Wildman–Crippen MR) is 78.8 cm³/mol. The number of rotatable bonds is 5. The Morgan fingerprint density at radius 3 is 2.85 bits per heavy atom.